The van der Waals surface area contributed by atoms with E-state index in [1.54, 1.807) is 0 Å². The number of carbonyl (C=O) groups is 7. The molecule has 0 aromatic rings. The number of carboxylic acids is 4. The minimum atomic E-state index is -0.904. The van der Waals surface area contributed by atoms with Crippen LogP contribution in [-0.4, -0.2) is 162 Å². The first-order valence-corrected chi connectivity index (χ1v) is 54.5. The molecule has 4 atom stereocenters. The lowest BCUT2D eigenvalue weighted by Gasteiger charge is -2.23. The van der Waals surface area contributed by atoms with Crippen LogP contribution in [-0.2, 0) is 38.3 Å². The number of carboxylic acid groups (broad SMARTS) is 4. The van der Waals surface area contributed by atoms with E-state index in [0.717, 1.165) is 199 Å². The monoisotopic (exact) mass is 1880 g/mol. The zero-order chi connectivity index (χ0) is 96.2. The molecule has 0 bridgehead atoms. The molecule has 21 nitrogen and oxygen atoms in total. The van der Waals surface area contributed by atoms with Crippen molar-refractivity contribution in [2.75, 3.05) is 78.5 Å². The Balaban J connectivity index is -0.000000867. The lowest BCUT2D eigenvalue weighted by Crippen LogP contribution is -2.38. The van der Waals surface area contributed by atoms with Crippen molar-refractivity contribution in [3.05, 3.63) is 60.8 Å². The Morgan fingerprint density at radius 3 is 1.02 bits per heavy atom. The summed E-state index contributed by atoms with van der Waals surface area (Å²) in [4.78, 5) is 94.3. The van der Waals surface area contributed by atoms with Gasteiger partial charge in [0.25, 0.3) is 0 Å². The van der Waals surface area contributed by atoms with Crippen molar-refractivity contribution >= 4 is 53.4 Å². The van der Waals surface area contributed by atoms with Crippen LogP contribution in [0.5, 0.6) is 0 Å². The summed E-state index contributed by atoms with van der Waals surface area (Å²) in [5.41, 5.74) is 16.0. The number of nitrogens with one attached hydrogen (secondary N) is 2. The molecule has 0 aliphatic carbocycles. The Morgan fingerprint density at radius 1 is 0.383 bits per heavy atom. The Kier molecular flexibility index (Phi) is 107. The molecule has 3 heterocycles. The van der Waals surface area contributed by atoms with E-state index in [1.807, 2.05) is 6.08 Å². The van der Waals surface area contributed by atoms with E-state index in [1.165, 1.54) is 276 Å². The van der Waals surface area contributed by atoms with Crippen LogP contribution in [0.2, 0.25) is 0 Å². The van der Waals surface area contributed by atoms with Gasteiger partial charge in [0.2, 0.25) is 5.91 Å². The maximum absolute atomic E-state index is 13.0. The molecule has 0 spiro atoms. The van der Waals surface area contributed by atoms with Gasteiger partial charge >= 0.3 is 35.8 Å². The molecule has 0 saturated carbocycles. The Labute approximate surface area is 817 Å². The third kappa shape index (κ3) is 93.4. The average molecular weight is 1880 g/mol. The van der Waals surface area contributed by atoms with E-state index in [2.05, 4.69) is 115 Å². The van der Waals surface area contributed by atoms with Gasteiger partial charge in [0.05, 0.1) is 43.0 Å². The molecule has 133 heavy (non-hydrogen) atoms. The van der Waals surface area contributed by atoms with Crippen molar-refractivity contribution in [3.8, 4) is 0 Å². The van der Waals surface area contributed by atoms with Crippen molar-refractivity contribution in [1.82, 2.24) is 20.4 Å². The molecular weight excluding hydrogens is 1660 g/mol. The summed E-state index contributed by atoms with van der Waals surface area (Å²) in [7, 11) is 0. The van der Waals surface area contributed by atoms with E-state index in [-0.39, 0.29) is 70.2 Å². The maximum atomic E-state index is 13.0. The highest BCUT2D eigenvalue weighted by molar-refractivity contribution is 5.95. The predicted molar refractivity (Wildman–Crippen MR) is 567 cm³/mol. The lowest BCUT2D eigenvalue weighted by molar-refractivity contribution is -0.153. The number of nitrogens with two attached hydrogens (primary N) is 3. The highest BCUT2D eigenvalue weighted by atomic mass is 16.6. The minimum absolute atomic E-state index is 0. The molecule has 3 rings (SSSR count). The molecule has 3 aliphatic heterocycles. The van der Waals surface area contributed by atoms with Crippen molar-refractivity contribution in [3.63, 3.8) is 0 Å². The van der Waals surface area contributed by atoms with Gasteiger partial charge in [0.15, 0.2) is 0 Å². The number of carbonyl (C=O) groups excluding carboxylic acids is 3. The van der Waals surface area contributed by atoms with Crippen LogP contribution in [0.4, 0.5) is 0 Å². The summed E-state index contributed by atoms with van der Waals surface area (Å²) in [6.07, 6.45) is 101. The molecular formula is C112H213N9O12. The normalized spacial score (nSPS) is 14.2. The van der Waals surface area contributed by atoms with Crippen LogP contribution in [0.25, 0.3) is 0 Å². The van der Waals surface area contributed by atoms with E-state index in [9.17, 15) is 38.7 Å². The summed E-state index contributed by atoms with van der Waals surface area (Å²) < 4.78 is 4.75. The summed E-state index contributed by atoms with van der Waals surface area (Å²) in [5, 5.41) is 42.2. The number of ether oxygens (including phenoxy) is 1. The Morgan fingerprint density at radius 2 is 0.692 bits per heavy atom. The van der Waals surface area contributed by atoms with Gasteiger partial charge in [0.1, 0.15) is 0 Å². The summed E-state index contributed by atoms with van der Waals surface area (Å²) in [5.74, 6) is -2.70. The van der Waals surface area contributed by atoms with E-state index >= 15 is 0 Å². The van der Waals surface area contributed by atoms with Crippen molar-refractivity contribution in [1.29, 1.82) is 0 Å². The van der Waals surface area contributed by atoms with Gasteiger partial charge in [-0.1, -0.05) is 367 Å². The highest BCUT2D eigenvalue weighted by Gasteiger charge is 2.38. The van der Waals surface area contributed by atoms with Crippen LogP contribution in [0.1, 0.15) is 499 Å². The Bertz CT molecular complexity index is 2840. The van der Waals surface area contributed by atoms with Gasteiger partial charge in [-0.3, -0.25) is 43.5 Å². The van der Waals surface area contributed by atoms with Gasteiger partial charge in [-0.05, 0) is 160 Å². The lowest BCUT2D eigenvalue weighted by atomic mass is 9.84. The number of allylic oxidation sites excluding steroid dienone is 10. The number of hydrogen-bond donors (Lipinski definition) is 9. The minimum Gasteiger partial charge on any atom is -0.481 e. The number of aliphatic imine (C=N–C) groups is 2. The van der Waals surface area contributed by atoms with Gasteiger partial charge in [-0.2, -0.15) is 0 Å². The molecule has 0 aromatic heterocycles. The van der Waals surface area contributed by atoms with Crippen molar-refractivity contribution in [2.24, 2.45) is 50.9 Å². The second-order valence-corrected chi connectivity index (χ2v) is 37.2. The number of cyclic esters (lactones) is 2. The number of aliphatic carboxylic acids is 4. The van der Waals surface area contributed by atoms with Gasteiger partial charge in [-0.25, -0.2) is 0 Å². The van der Waals surface area contributed by atoms with E-state index < -0.39 is 35.8 Å². The molecule has 778 valence electrons. The van der Waals surface area contributed by atoms with Crippen molar-refractivity contribution < 1.29 is 58.7 Å². The maximum Gasteiger partial charge on any atom is 0.317 e. The van der Waals surface area contributed by atoms with Crippen LogP contribution in [0.15, 0.2) is 70.7 Å². The van der Waals surface area contributed by atoms with Crippen LogP contribution >= 0.6 is 0 Å². The number of amidine groups is 2. The zero-order valence-electron chi connectivity index (χ0n) is 85.1. The number of unbranched alkanes of at least 4 members (excludes halogenated alkanes) is 51. The first kappa shape index (κ1) is 133. The fraction of sp³-hybridized carbons (Fsp3) is 0.830. The molecule has 0 radical (unpaired) electrons. The molecule has 0 aromatic carbocycles. The summed E-state index contributed by atoms with van der Waals surface area (Å²) >= 11 is 0. The van der Waals surface area contributed by atoms with Gasteiger partial charge < -0.3 is 62.8 Å². The Hall–Kier alpha value is -6.03. The van der Waals surface area contributed by atoms with E-state index in [0.29, 0.717) is 39.0 Å². The molecule has 1 amide bonds. The number of hydrogen-bond acceptors (Lipinski definition) is 16. The van der Waals surface area contributed by atoms with Crippen molar-refractivity contribution in [2.45, 2.75) is 499 Å². The van der Waals surface area contributed by atoms with Gasteiger partial charge in [-0.15, -0.1) is 0 Å². The SMILES string of the molecule is C.C.CCCCCCCC/C=C\CCCCCCCC1=NCCN1CCNC(=O)CC(C(=O)O)C(/C=C\CCCCCCC(=O)O)CCCCCCCC.CCCCCCCCC(/C=C\CCCCCCC(=O)O)C1CC(=O)OC1=O.CCCCCCCCC/C=C\CCCCCCC(=O)O.CCCCCCCCC/C=C\CCCCCCC1=NCCN1CCN.NCCNCCN. The molecule has 4 unspecified atom stereocenters. The van der Waals surface area contributed by atoms with Crippen LogP contribution in [0, 0.1) is 23.7 Å². The van der Waals surface area contributed by atoms with Gasteiger partial charge in [0, 0.05) is 104 Å². The molecule has 1 saturated heterocycles. The molecule has 1 fully saturated rings. The summed E-state index contributed by atoms with van der Waals surface area (Å²) in [6.45, 7) is 21.0. The van der Waals surface area contributed by atoms with E-state index in [4.69, 9.17) is 42.2 Å². The zero-order valence-corrected chi connectivity index (χ0v) is 85.1. The van der Waals surface area contributed by atoms with Crippen LogP contribution < -0.4 is 27.8 Å². The third-order valence-corrected chi connectivity index (χ3v) is 25.0. The predicted octanol–water partition coefficient (Wildman–Crippen LogP) is 28.3. The third-order valence-electron chi connectivity index (χ3n) is 25.0. The number of rotatable bonds is 89. The highest BCUT2D eigenvalue weighted by Crippen LogP contribution is 2.31. The second kappa shape index (κ2) is 106. The smallest absolute Gasteiger partial charge is 0.317 e. The molecule has 3 aliphatic rings. The average Bonchev–Trinajstić information content (AvgIpc) is 1.72. The first-order valence-electron chi connectivity index (χ1n) is 54.5. The number of esters is 2. The number of nitrogens with zero attached hydrogens (tertiary/aromatic N) is 4. The fourth-order valence-electron chi connectivity index (χ4n) is 16.9. The fourth-order valence-corrected chi connectivity index (χ4v) is 16.9. The second-order valence-electron chi connectivity index (χ2n) is 37.2. The quantitative estimate of drug-likeness (QED) is 0.0118. The van der Waals surface area contributed by atoms with Crippen LogP contribution in [0.3, 0.4) is 0 Å². The molecule has 21 heteroatoms. The largest absolute Gasteiger partial charge is 0.481 e. The topological polar surface area (TPSA) is 343 Å². The molecule has 12 N–H and O–H groups in total. The first-order chi connectivity index (χ1) is 64.0. The standard InChI is InChI=1S/C44H79N3O5.C22H43N3.C22H36O5.C18H34O2.C4H13N3.2CH4/c1-3-5-7-9-11-12-13-14-15-16-17-18-19-24-28-32-41-45-34-36-47(41)37-35-46-42(48)38-40(44(51)52)39(30-26-22-10-8-6-4-2)31-27-23-20-21-25-29-33-43(49)50;1-2-3-4-5-6-7-8-9-10-11-12-13-14-15-16-17-22-24-19-21-25(22)20-18-23;1-2-3-4-5-8-11-14-18(19-17-21(25)27-22(19)26)15-12-9-6-7-10-13-16-20(23)24;1-2-3-4-5-6-7-8-9-10-11-12-13-14-15-16-17-18(19)20;5-1-3-7-4-2-6;;/h14-15,27,31,39-40H,3-13,16-26,28-30,32-38H2,1-2H3,(H,46,48)(H,49,50)(H,51,52);10-11H,2-9,12-21,23H2,1H3;12,15,18-19H,2-11,13-14,16-17H2,1H3,(H,23,24);10-11H,2-9,12-17H2,1H3,(H,19,20);7H,1-6H2;2*1H4/b15-14-,31-27-;11-10-;15-12-;11-10-;;;. The summed E-state index contributed by atoms with van der Waals surface area (Å²) in [6, 6.07) is 0. The number of amides is 1.